The van der Waals surface area contributed by atoms with Crippen LogP contribution in [0.4, 0.5) is 5.69 Å². The van der Waals surface area contributed by atoms with E-state index in [4.69, 9.17) is 16.5 Å². The van der Waals surface area contributed by atoms with Crippen LogP contribution in [0.15, 0.2) is 219 Å². The predicted molar refractivity (Wildman–Crippen MR) is 269 cm³/mol. The molecule has 6 heteroatoms. The van der Waals surface area contributed by atoms with Crippen LogP contribution in [0.25, 0.3) is 116 Å². The number of benzene rings is 8. The number of aromatic nitrogens is 4. The minimum Gasteiger partial charge on any atom is -0.307 e. The zero-order chi connectivity index (χ0) is 44.1. The van der Waals surface area contributed by atoms with Crippen molar-refractivity contribution in [2.75, 3.05) is 0 Å². The number of nitriles is 1. The Kier molecular flexibility index (Phi) is 9.16. The van der Waals surface area contributed by atoms with Gasteiger partial charge in [0.1, 0.15) is 0 Å². The Bertz CT molecular complexity index is 3960. The smallest absolute Gasteiger partial charge is 0.187 e. The minimum atomic E-state index is 0.513. The molecule has 66 heavy (non-hydrogen) atoms. The molecule has 0 aliphatic heterocycles. The van der Waals surface area contributed by atoms with Crippen LogP contribution in [0.5, 0.6) is 0 Å². The molecule has 4 heterocycles. The van der Waals surface area contributed by atoms with E-state index in [1.807, 2.05) is 73.1 Å². The first-order chi connectivity index (χ1) is 32.6. The normalized spacial score (nSPS) is 11.3. The second kappa shape index (κ2) is 15.8. The molecule has 0 N–H and O–H groups in total. The van der Waals surface area contributed by atoms with E-state index < -0.39 is 0 Å². The standard InChI is InChI=1S/C60H36N6/c1-62-47-18-12-17-45(31-47)50-37-60(66-56-22-11-9-20-49(56)52-33-42(24-26-58(52)66)44-28-30-64-54(35-44)40-15-6-3-7-16-40)59(36-46(50)38-61)65-55-21-10-8-19-48(55)51-32-41(23-25-57(51)65)43-27-29-63-53(34-43)39-13-4-2-5-14-39/h2-37H. The fourth-order valence-electron chi connectivity index (χ4n) is 9.59. The number of fused-ring (bicyclic) bond motifs is 6. The van der Waals surface area contributed by atoms with Crippen molar-refractivity contribution in [3.05, 3.63) is 236 Å². The van der Waals surface area contributed by atoms with Crippen molar-refractivity contribution >= 4 is 49.3 Å². The van der Waals surface area contributed by atoms with Gasteiger partial charge >= 0.3 is 0 Å². The molecule has 8 aromatic carbocycles. The van der Waals surface area contributed by atoms with Gasteiger partial charge in [0.15, 0.2) is 5.69 Å². The highest BCUT2D eigenvalue weighted by Crippen LogP contribution is 2.43. The molecule has 0 aliphatic carbocycles. The van der Waals surface area contributed by atoms with Gasteiger partial charge in [-0.05, 0) is 107 Å². The summed E-state index contributed by atoms with van der Waals surface area (Å²) in [4.78, 5) is 13.2. The van der Waals surface area contributed by atoms with Crippen molar-refractivity contribution in [2.45, 2.75) is 0 Å². The van der Waals surface area contributed by atoms with Gasteiger partial charge in [-0.2, -0.15) is 5.26 Å². The molecule has 4 aromatic heterocycles. The molecular formula is C60H36N6. The molecule has 306 valence electrons. The van der Waals surface area contributed by atoms with Crippen LogP contribution in [0.1, 0.15) is 5.56 Å². The van der Waals surface area contributed by atoms with Gasteiger partial charge < -0.3 is 9.13 Å². The van der Waals surface area contributed by atoms with E-state index in [0.717, 1.165) is 111 Å². The SMILES string of the molecule is [C-]#[N+]c1cccc(-c2cc(-n3c4ccccc4c4cc(-c5ccnc(-c6ccccc6)c5)ccc43)c(-n3c4ccccc4c4cc(-c5ccnc(-c6ccccc6)c5)ccc43)cc2C#N)c1. The number of hydrogen-bond donors (Lipinski definition) is 0. The lowest BCUT2D eigenvalue weighted by Crippen LogP contribution is -2.05. The van der Waals surface area contributed by atoms with Gasteiger partial charge in [0.05, 0.1) is 63.0 Å². The van der Waals surface area contributed by atoms with Gasteiger partial charge in [-0.1, -0.05) is 127 Å². The number of nitrogens with zero attached hydrogens (tertiary/aromatic N) is 6. The van der Waals surface area contributed by atoms with Crippen LogP contribution in [-0.4, -0.2) is 19.1 Å². The van der Waals surface area contributed by atoms with Gasteiger partial charge in [0.25, 0.3) is 0 Å². The molecule has 0 saturated heterocycles. The number of para-hydroxylation sites is 2. The Morgan fingerprint density at radius 3 is 1.39 bits per heavy atom. The van der Waals surface area contributed by atoms with E-state index >= 15 is 0 Å². The molecule has 0 fully saturated rings. The lowest BCUT2D eigenvalue weighted by molar-refractivity contribution is 1.09. The highest BCUT2D eigenvalue weighted by molar-refractivity contribution is 6.13. The maximum atomic E-state index is 11.0. The van der Waals surface area contributed by atoms with Gasteiger partial charge in [0, 0.05) is 50.6 Å². The van der Waals surface area contributed by atoms with Crippen LogP contribution >= 0.6 is 0 Å². The number of rotatable bonds is 7. The third kappa shape index (κ3) is 6.41. The van der Waals surface area contributed by atoms with Crippen molar-refractivity contribution in [3.63, 3.8) is 0 Å². The topological polar surface area (TPSA) is 63.8 Å². The fraction of sp³-hybridized carbons (Fsp3) is 0. The Hall–Kier alpha value is -9.36. The van der Waals surface area contributed by atoms with E-state index in [1.54, 1.807) is 6.07 Å². The summed E-state index contributed by atoms with van der Waals surface area (Å²) in [5.74, 6) is 0. The van der Waals surface area contributed by atoms with E-state index in [0.29, 0.717) is 11.3 Å². The first kappa shape index (κ1) is 38.3. The van der Waals surface area contributed by atoms with Crippen LogP contribution in [-0.2, 0) is 0 Å². The lowest BCUT2D eigenvalue weighted by atomic mass is 9.97. The fourth-order valence-corrected chi connectivity index (χ4v) is 9.59. The average Bonchev–Trinajstić information content (AvgIpc) is 3.91. The third-order valence-electron chi connectivity index (χ3n) is 12.7. The molecule has 0 radical (unpaired) electrons. The van der Waals surface area contributed by atoms with E-state index in [1.165, 1.54) is 0 Å². The monoisotopic (exact) mass is 840 g/mol. The Balaban J connectivity index is 1.11. The molecular weight excluding hydrogens is 805 g/mol. The summed E-state index contributed by atoms with van der Waals surface area (Å²) in [5, 5.41) is 15.4. The highest BCUT2D eigenvalue weighted by atomic mass is 15.1. The van der Waals surface area contributed by atoms with E-state index in [-0.39, 0.29) is 0 Å². The second-order valence-electron chi connectivity index (χ2n) is 16.4. The predicted octanol–water partition coefficient (Wildman–Crippen LogP) is 15.4. The summed E-state index contributed by atoms with van der Waals surface area (Å²) >= 11 is 0. The molecule has 0 bridgehead atoms. The van der Waals surface area contributed by atoms with Crippen LogP contribution in [0.3, 0.4) is 0 Å². The van der Waals surface area contributed by atoms with Crippen molar-refractivity contribution in [2.24, 2.45) is 0 Å². The third-order valence-corrected chi connectivity index (χ3v) is 12.7. The summed E-state index contributed by atoms with van der Waals surface area (Å²) in [7, 11) is 0. The van der Waals surface area contributed by atoms with E-state index in [9.17, 15) is 5.26 Å². The molecule has 12 rings (SSSR count). The molecule has 0 amide bonds. The summed E-state index contributed by atoms with van der Waals surface area (Å²) < 4.78 is 4.65. The summed E-state index contributed by atoms with van der Waals surface area (Å²) in [5.41, 5.74) is 16.8. The van der Waals surface area contributed by atoms with Crippen molar-refractivity contribution in [3.8, 4) is 73.3 Å². The number of hydrogen-bond acceptors (Lipinski definition) is 3. The van der Waals surface area contributed by atoms with Crippen LogP contribution in [0, 0.1) is 17.9 Å². The first-order valence-electron chi connectivity index (χ1n) is 21.8. The summed E-state index contributed by atoms with van der Waals surface area (Å²) in [6.07, 6.45) is 3.76. The minimum absolute atomic E-state index is 0.513. The van der Waals surface area contributed by atoms with Gasteiger partial charge in [-0.25, -0.2) is 4.85 Å². The molecule has 0 aliphatic rings. The Morgan fingerprint density at radius 1 is 0.394 bits per heavy atom. The number of pyridine rings is 2. The molecule has 0 spiro atoms. The highest BCUT2D eigenvalue weighted by Gasteiger charge is 2.23. The maximum absolute atomic E-state index is 11.0. The van der Waals surface area contributed by atoms with Gasteiger partial charge in [0.2, 0.25) is 0 Å². The summed E-state index contributed by atoms with van der Waals surface area (Å²) in [6.45, 7) is 7.82. The Labute approximate surface area is 381 Å². The zero-order valence-electron chi connectivity index (χ0n) is 35.5. The van der Waals surface area contributed by atoms with Gasteiger partial charge in [-0.15, -0.1) is 0 Å². The molecule has 0 saturated carbocycles. The molecule has 0 unspecified atom stereocenters. The van der Waals surface area contributed by atoms with Crippen molar-refractivity contribution in [1.82, 2.24) is 19.1 Å². The van der Waals surface area contributed by atoms with Crippen molar-refractivity contribution in [1.29, 1.82) is 5.26 Å². The quantitative estimate of drug-likeness (QED) is 0.150. The first-order valence-corrected chi connectivity index (χ1v) is 21.8. The van der Waals surface area contributed by atoms with Crippen LogP contribution < -0.4 is 0 Å². The lowest BCUT2D eigenvalue weighted by Gasteiger charge is -2.20. The van der Waals surface area contributed by atoms with Gasteiger partial charge in [-0.3, -0.25) is 9.97 Å². The largest absolute Gasteiger partial charge is 0.307 e. The zero-order valence-corrected chi connectivity index (χ0v) is 35.5. The summed E-state index contributed by atoms with van der Waals surface area (Å²) in [6, 6.07) is 73.6. The molecule has 12 aromatic rings. The van der Waals surface area contributed by atoms with Crippen LogP contribution in [0.2, 0.25) is 0 Å². The molecule has 6 nitrogen and oxygen atoms in total. The Morgan fingerprint density at radius 2 is 0.864 bits per heavy atom. The second-order valence-corrected chi connectivity index (χ2v) is 16.4. The molecule has 0 atom stereocenters. The maximum Gasteiger partial charge on any atom is 0.187 e. The van der Waals surface area contributed by atoms with Crippen molar-refractivity contribution < 1.29 is 0 Å². The average molecular weight is 841 g/mol. The van der Waals surface area contributed by atoms with E-state index in [2.05, 4.69) is 160 Å².